The first kappa shape index (κ1) is 14.3. The predicted octanol–water partition coefficient (Wildman–Crippen LogP) is 1.52. The zero-order chi connectivity index (χ0) is 13.3. The highest BCUT2D eigenvalue weighted by molar-refractivity contribution is 7.87. The minimum Gasteiger partial charge on any atom is -0.378 e. The van der Waals surface area contributed by atoms with Crippen LogP contribution < -0.4 is 0 Å². The van der Waals surface area contributed by atoms with Crippen LogP contribution in [0.15, 0.2) is 11.8 Å². The third-order valence-electron chi connectivity index (χ3n) is 2.02. The molecule has 1 heterocycles. The van der Waals surface area contributed by atoms with Crippen molar-refractivity contribution in [2.75, 3.05) is 7.11 Å². The van der Waals surface area contributed by atoms with E-state index < -0.39 is 33.8 Å². The lowest BCUT2D eigenvalue weighted by molar-refractivity contribution is -0.153. The summed E-state index contributed by atoms with van der Waals surface area (Å²) in [4.78, 5) is 0. The molecule has 0 unspecified atom stereocenters. The highest BCUT2D eigenvalue weighted by Gasteiger charge is 2.49. The second-order valence-corrected chi connectivity index (χ2v) is 4.81. The molecule has 17 heavy (non-hydrogen) atoms. The minimum atomic E-state index is -5.64. The molecule has 100 valence electrons. The average molecular weight is 276 g/mol. The molecule has 0 aromatic carbocycles. The Morgan fingerprint density at radius 3 is 2.47 bits per heavy atom. The second kappa shape index (κ2) is 4.83. The van der Waals surface area contributed by atoms with Crippen LogP contribution in [0.25, 0.3) is 0 Å². The molecule has 0 aliphatic carbocycles. The summed E-state index contributed by atoms with van der Waals surface area (Å²) < 4.78 is 71.5. The number of hydrogen-bond donors (Lipinski definition) is 0. The van der Waals surface area contributed by atoms with Gasteiger partial charge in [-0.15, -0.1) is 0 Å². The highest BCUT2D eigenvalue weighted by atomic mass is 32.2. The Morgan fingerprint density at radius 1 is 1.47 bits per heavy atom. The quantitative estimate of drug-likeness (QED) is 0.577. The van der Waals surface area contributed by atoms with Gasteiger partial charge >= 0.3 is 15.6 Å². The van der Waals surface area contributed by atoms with Gasteiger partial charge in [0.2, 0.25) is 0 Å². The number of ether oxygens (including phenoxy) is 2. The summed E-state index contributed by atoms with van der Waals surface area (Å²) in [6.45, 7) is 1.36. The van der Waals surface area contributed by atoms with Crippen molar-refractivity contribution in [2.45, 2.75) is 31.2 Å². The van der Waals surface area contributed by atoms with Crippen LogP contribution in [-0.4, -0.2) is 33.4 Å². The maximum atomic E-state index is 12.1. The molecule has 9 heteroatoms. The van der Waals surface area contributed by atoms with Crippen molar-refractivity contribution in [3.05, 3.63) is 11.8 Å². The van der Waals surface area contributed by atoms with E-state index in [-0.39, 0.29) is 6.42 Å². The van der Waals surface area contributed by atoms with Gasteiger partial charge < -0.3 is 13.7 Å². The fourth-order valence-electron chi connectivity index (χ4n) is 1.16. The number of methoxy groups -OCH3 is 1. The average Bonchev–Trinajstić information content (AvgIpc) is 2.19. The van der Waals surface area contributed by atoms with E-state index in [1.807, 2.05) is 0 Å². The van der Waals surface area contributed by atoms with Gasteiger partial charge in [-0.2, -0.15) is 21.6 Å². The standard InChI is InChI=1S/C8H11F3O5S/c1-5-6(3-4-7(14-2)15-5)16-17(12,13)8(9,10)11/h3,5,7H,4H2,1-2H3/t5-,7+/m0/s1. The van der Waals surface area contributed by atoms with Crippen LogP contribution in [0, 0.1) is 0 Å². The molecule has 0 fully saturated rings. The van der Waals surface area contributed by atoms with E-state index in [4.69, 9.17) is 9.47 Å². The van der Waals surface area contributed by atoms with Gasteiger partial charge in [0.15, 0.2) is 6.29 Å². The molecule has 1 rings (SSSR count). The molecule has 0 saturated heterocycles. The van der Waals surface area contributed by atoms with E-state index >= 15 is 0 Å². The third kappa shape index (κ3) is 3.33. The monoisotopic (exact) mass is 276 g/mol. The van der Waals surface area contributed by atoms with E-state index in [9.17, 15) is 21.6 Å². The van der Waals surface area contributed by atoms with Crippen molar-refractivity contribution >= 4 is 10.1 Å². The van der Waals surface area contributed by atoms with Crippen LogP contribution in [0.2, 0.25) is 0 Å². The van der Waals surface area contributed by atoms with Gasteiger partial charge in [0.25, 0.3) is 0 Å². The van der Waals surface area contributed by atoms with Gasteiger partial charge in [-0.25, -0.2) is 0 Å². The van der Waals surface area contributed by atoms with Crippen molar-refractivity contribution in [3.8, 4) is 0 Å². The number of hydrogen-bond acceptors (Lipinski definition) is 5. The van der Waals surface area contributed by atoms with Crippen molar-refractivity contribution in [2.24, 2.45) is 0 Å². The molecule has 0 bridgehead atoms. The summed E-state index contributed by atoms with van der Waals surface area (Å²) in [6, 6.07) is 0. The smallest absolute Gasteiger partial charge is 0.378 e. The highest BCUT2D eigenvalue weighted by Crippen LogP contribution is 2.30. The number of alkyl halides is 3. The fourth-order valence-corrected chi connectivity index (χ4v) is 1.71. The zero-order valence-corrected chi connectivity index (χ0v) is 9.84. The van der Waals surface area contributed by atoms with Gasteiger partial charge in [0.05, 0.1) is 0 Å². The third-order valence-corrected chi connectivity index (χ3v) is 3.00. The zero-order valence-electron chi connectivity index (χ0n) is 9.02. The summed E-state index contributed by atoms with van der Waals surface area (Å²) in [5, 5.41) is 0. The molecule has 0 radical (unpaired) electrons. The van der Waals surface area contributed by atoms with E-state index in [0.717, 1.165) is 0 Å². The molecule has 1 aliphatic rings. The molecule has 1 aliphatic heterocycles. The second-order valence-electron chi connectivity index (χ2n) is 3.27. The van der Waals surface area contributed by atoms with Gasteiger partial charge in [0.1, 0.15) is 11.9 Å². The number of halogens is 3. The van der Waals surface area contributed by atoms with Crippen LogP contribution >= 0.6 is 0 Å². The molecule has 0 spiro atoms. The summed E-state index contributed by atoms with van der Waals surface area (Å²) in [6.07, 6.45) is -0.230. The Morgan fingerprint density at radius 2 is 2.06 bits per heavy atom. The summed E-state index contributed by atoms with van der Waals surface area (Å²) >= 11 is 0. The SMILES string of the molecule is CO[C@H]1CC=C(OS(=O)(=O)C(F)(F)F)[C@H](C)O1. The first-order valence-electron chi connectivity index (χ1n) is 4.56. The Hall–Kier alpha value is -0.800. The van der Waals surface area contributed by atoms with E-state index in [1.165, 1.54) is 20.1 Å². The lowest BCUT2D eigenvalue weighted by Gasteiger charge is -2.26. The lowest BCUT2D eigenvalue weighted by atomic mass is 10.2. The molecule has 0 N–H and O–H groups in total. The maximum Gasteiger partial charge on any atom is 0.534 e. The van der Waals surface area contributed by atoms with Crippen LogP contribution in [0.5, 0.6) is 0 Å². The fraction of sp³-hybridized carbons (Fsp3) is 0.750. The van der Waals surface area contributed by atoms with Crippen LogP contribution in [0.4, 0.5) is 13.2 Å². The first-order chi connectivity index (χ1) is 7.67. The molecule has 0 saturated carbocycles. The van der Waals surface area contributed by atoms with Crippen LogP contribution in [0.3, 0.4) is 0 Å². The lowest BCUT2D eigenvalue weighted by Crippen LogP contribution is -2.32. The molecule has 0 aromatic heterocycles. The van der Waals surface area contributed by atoms with Gasteiger partial charge in [0, 0.05) is 13.5 Å². The molecule has 5 nitrogen and oxygen atoms in total. The van der Waals surface area contributed by atoms with Gasteiger partial charge in [-0.1, -0.05) is 0 Å². The minimum absolute atomic E-state index is 0.115. The Balaban J connectivity index is 2.81. The topological polar surface area (TPSA) is 61.8 Å². The van der Waals surface area contributed by atoms with Crippen molar-refractivity contribution in [1.82, 2.24) is 0 Å². The van der Waals surface area contributed by atoms with Crippen molar-refractivity contribution in [3.63, 3.8) is 0 Å². The van der Waals surface area contributed by atoms with Crippen LogP contribution in [0.1, 0.15) is 13.3 Å². The molecule has 0 aromatic rings. The molecular weight excluding hydrogens is 265 g/mol. The van der Waals surface area contributed by atoms with E-state index in [0.29, 0.717) is 0 Å². The van der Waals surface area contributed by atoms with E-state index in [1.54, 1.807) is 0 Å². The summed E-state index contributed by atoms with van der Waals surface area (Å²) in [5.41, 5.74) is -5.45. The first-order valence-corrected chi connectivity index (χ1v) is 5.97. The summed E-state index contributed by atoms with van der Waals surface area (Å²) in [5.74, 6) is -0.393. The van der Waals surface area contributed by atoms with Crippen LogP contribution in [-0.2, 0) is 23.8 Å². The largest absolute Gasteiger partial charge is 0.534 e. The molecular formula is C8H11F3O5S. The Kier molecular flexibility index (Phi) is 4.05. The molecule has 0 amide bonds. The van der Waals surface area contributed by atoms with Gasteiger partial charge in [-0.3, -0.25) is 0 Å². The predicted molar refractivity (Wildman–Crippen MR) is 50.1 cm³/mol. The Bertz CT molecular complexity index is 400. The summed E-state index contributed by atoms with van der Waals surface area (Å²) in [7, 11) is -4.28. The van der Waals surface area contributed by atoms with E-state index in [2.05, 4.69) is 4.18 Å². The molecule has 2 atom stereocenters. The van der Waals surface area contributed by atoms with Gasteiger partial charge in [-0.05, 0) is 13.0 Å². The van der Waals surface area contributed by atoms with Crippen molar-refractivity contribution < 1.29 is 35.2 Å². The Labute approximate surface area is 96.3 Å². The number of rotatable bonds is 3. The van der Waals surface area contributed by atoms with Crippen molar-refractivity contribution in [1.29, 1.82) is 0 Å². The maximum absolute atomic E-state index is 12.1. The normalized spacial score (nSPS) is 26.5.